The molecule has 0 radical (unpaired) electrons. The lowest BCUT2D eigenvalue weighted by Crippen LogP contribution is -2.15. The predicted molar refractivity (Wildman–Crippen MR) is 89.8 cm³/mol. The van der Waals surface area contributed by atoms with E-state index >= 15 is 0 Å². The van der Waals surface area contributed by atoms with E-state index in [-0.39, 0.29) is 5.92 Å². The Labute approximate surface area is 132 Å². The Balaban J connectivity index is 2.54. The van der Waals surface area contributed by atoms with Gasteiger partial charge in [0.05, 0.1) is 0 Å². The lowest BCUT2D eigenvalue weighted by atomic mass is 10.1. The minimum atomic E-state index is 0.245. The molecule has 0 aliphatic rings. The van der Waals surface area contributed by atoms with Crippen molar-refractivity contribution < 1.29 is 0 Å². The number of nitrogens with zero attached hydrogens (tertiary/aromatic N) is 3. The molecule has 0 bridgehead atoms. The second-order valence-electron chi connectivity index (χ2n) is 5.88. The molecule has 0 saturated heterocycles. The molecule has 0 amide bonds. The largest absolute Gasteiger partial charge is 0.329 e. The van der Waals surface area contributed by atoms with E-state index in [1.165, 1.54) is 11.1 Å². The molecule has 112 valence electrons. The van der Waals surface area contributed by atoms with Gasteiger partial charge in [-0.25, -0.2) is 9.97 Å². The van der Waals surface area contributed by atoms with Crippen molar-refractivity contribution in [1.82, 2.24) is 9.97 Å². The zero-order valence-corrected chi connectivity index (χ0v) is 14.3. The molecule has 0 saturated carbocycles. The van der Waals surface area contributed by atoms with Gasteiger partial charge in [0.1, 0.15) is 16.8 Å². The number of rotatable bonds is 3. The smallest absolute Gasteiger partial charge is 0.140 e. The van der Waals surface area contributed by atoms with Crippen LogP contribution in [0.25, 0.3) is 0 Å². The molecular weight excluding hydrogens is 282 g/mol. The van der Waals surface area contributed by atoms with Gasteiger partial charge in [-0.3, -0.25) is 0 Å². The van der Waals surface area contributed by atoms with E-state index in [4.69, 9.17) is 16.6 Å². The summed E-state index contributed by atoms with van der Waals surface area (Å²) >= 11 is 6.28. The van der Waals surface area contributed by atoms with Crippen LogP contribution in [0.15, 0.2) is 18.2 Å². The normalized spacial score (nSPS) is 11.0. The Morgan fingerprint density at radius 1 is 1.00 bits per heavy atom. The van der Waals surface area contributed by atoms with Gasteiger partial charge in [-0.05, 0) is 44.0 Å². The van der Waals surface area contributed by atoms with Crippen LogP contribution in [0.4, 0.5) is 11.5 Å². The summed E-state index contributed by atoms with van der Waals surface area (Å²) in [5.74, 6) is 1.88. The molecule has 2 aromatic rings. The number of aromatic nitrogens is 2. The van der Waals surface area contributed by atoms with Crippen molar-refractivity contribution in [3.63, 3.8) is 0 Å². The van der Waals surface area contributed by atoms with Gasteiger partial charge in [-0.2, -0.15) is 0 Å². The van der Waals surface area contributed by atoms with Crippen molar-refractivity contribution in [3.05, 3.63) is 45.9 Å². The molecule has 1 aromatic heterocycles. The highest BCUT2D eigenvalue weighted by Gasteiger charge is 2.16. The topological polar surface area (TPSA) is 29.0 Å². The standard InChI is InChI=1S/C17H22ClN3/c1-10(2)16-19-15(18)13(5)17(20-16)21(6)14-8-11(3)7-12(4)9-14/h7-10H,1-6H3. The van der Waals surface area contributed by atoms with Crippen LogP contribution in [0.2, 0.25) is 5.15 Å². The number of anilines is 2. The first-order chi connectivity index (χ1) is 9.79. The molecule has 0 aliphatic heterocycles. The summed E-state index contributed by atoms with van der Waals surface area (Å²) in [4.78, 5) is 11.1. The number of hydrogen-bond donors (Lipinski definition) is 0. The summed E-state index contributed by atoms with van der Waals surface area (Å²) in [6.07, 6.45) is 0. The van der Waals surface area contributed by atoms with Gasteiger partial charge in [0, 0.05) is 24.2 Å². The average Bonchev–Trinajstić information content (AvgIpc) is 2.39. The minimum absolute atomic E-state index is 0.245. The number of hydrogen-bond acceptors (Lipinski definition) is 3. The fourth-order valence-corrected chi connectivity index (χ4v) is 2.52. The number of aryl methyl sites for hydroxylation is 2. The monoisotopic (exact) mass is 303 g/mol. The van der Waals surface area contributed by atoms with Crippen LogP contribution >= 0.6 is 11.6 Å². The van der Waals surface area contributed by atoms with Crippen LogP contribution < -0.4 is 4.90 Å². The molecule has 0 spiro atoms. The Bertz CT molecular complexity index is 645. The van der Waals surface area contributed by atoms with E-state index in [1.807, 2.05) is 14.0 Å². The molecular formula is C17H22ClN3. The summed E-state index contributed by atoms with van der Waals surface area (Å²) < 4.78 is 0. The fourth-order valence-electron chi connectivity index (χ4n) is 2.35. The molecule has 0 aliphatic carbocycles. The second kappa shape index (κ2) is 6.02. The van der Waals surface area contributed by atoms with Crippen LogP contribution in [0, 0.1) is 20.8 Å². The van der Waals surface area contributed by atoms with Crippen molar-refractivity contribution in [2.45, 2.75) is 40.5 Å². The number of halogens is 1. The third kappa shape index (κ3) is 3.35. The predicted octanol–water partition coefficient (Wildman–Crippen LogP) is 4.95. The zero-order valence-electron chi connectivity index (χ0n) is 13.5. The van der Waals surface area contributed by atoms with Crippen LogP contribution in [-0.4, -0.2) is 17.0 Å². The van der Waals surface area contributed by atoms with Crippen molar-refractivity contribution in [3.8, 4) is 0 Å². The number of benzene rings is 1. The SMILES string of the molecule is Cc1cc(C)cc(N(C)c2nc(C(C)C)nc(Cl)c2C)c1. The van der Waals surface area contributed by atoms with Gasteiger partial charge in [-0.15, -0.1) is 0 Å². The van der Waals surface area contributed by atoms with E-state index in [2.05, 4.69) is 55.8 Å². The van der Waals surface area contributed by atoms with Crippen LogP contribution in [0.5, 0.6) is 0 Å². The summed E-state index contributed by atoms with van der Waals surface area (Å²) in [5.41, 5.74) is 4.49. The van der Waals surface area contributed by atoms with E-state index in [0.29, 0.717) is 5.15 Å². The van der Waals surface area contributed by atoms with Crippen molar-refractivity contribution in [1.29, 1.82) is 0 Å². The van der Waals surface area contributed by atoms with Gasteiger partial charge in [0.15, 0.2) is 0 Å². The maximum atomic E-state index is 6.28. The summed E-state index contributed by atoms with van der Waals surface area (Å²) in [5, 5.41) is 0.528. The summed E-state index contributed by atoms with van der Waals surface area (Å²) in [7, 11) is 2.02. The average molecular weight is 304 g/mol. The summed E-state index contributed by atoms with van der Waals surface area (Å²) in [6, 6.07) is 6.46. The van der Waals surface area contributed by atoms with Gasteiger partial charge in [-0.1, -0.05) is 31.5 Å². The first kappa shape index (κ1) is 15.8. The fraction of sp³-hybridized carbons (Fsp3) is 0.412. The van der Waals surface area contributed by atoms with Gasteiger partial charge >= 0.3 is 0 Å². The van der Waals surface area contributed by atoms with Crippen molar-refractivity contribution in [2.24, 2.45) is 0 Å². The van der Waals surface area contributed by atoms with E-state index in [0.717, 1.165) is 22.9 Å². The highest BCUT2D eigenvalue weighted by atomic mass is 35.5. The lowest BCUT2D eigenvalue weighted by molar-refractivity contribution is 0.769. The molecule has 0 N–H and O–H groups in total. The molecule has 4 heteroatoms. The maximum absolute atomic E-state index is 6.28. The third-order valence-electron chi connectivity index (χ3n) is 3.51. The Hall–Kier alpha value is -1.61. The Morgan fingerprint density at radius 3 is 2.10 bits per heavy atom. The van der Waals surface area contributed by atoms with Crippen LogP contribution in [0.1, 0.15) is 42.3 Å². The molecule has 0 unspecified atom stereocenters. The Kier molecular flexibility index (Phi) is 4.52. The molecule has 3 nitrogen and oxygen atoms in total. The minimum Gasteiger partial charge on any atom is -0.329 e. The van der Waals surface area contributed by atoms with Gasteiger partial charge in [0.2, 0.25) is 0 Å². The van der Waals surface area contributed by atoms with E-state index < -0.39 is 0 Å². The van der Waals surface area contributed by atoms with Crippen LogP contribution in [-0.2, 0) is 0 Å². The highest BCUT2D eigenvalue weighted by Crippen LogP contribution is 2.30. The van der Waals surface area contributed by atoms with Crippen LogP contribution in [0.3, 0.4) is 0 Å². The van der Waals surface area contributed by atoms with Crippen molar-refractivity contribution in [2.75, 3.05) is 11.9 Å². The third-order valence-corrected chi connectivity index (χ3v) is 3.87. The zero-order chi connectivity index (χ0) is 15.7. The first-order valence-corrected chi connectivity index (χ1v) is 7.53. The van der Waals surface area contributed by atoms with Gasteiger partial charge < -0.3 is 4.90 Å². The summed E-state index contributed by atoms with van der Waals surface area (Å²) in [6.45, 7) is 10.3. The molecule has 1 aromatic carbocycles. The van der Waals surface area contributed by atoms with Gasteiger partial charge in [0.25, 0.3) is 0 Å². The highest BCUT2D eigenvalue weighted by molar-refractivity contribution is 6.30. The molecule has 1 heterocycles. The molecule has 2 rings (SSSR count). The quantitative estimate of drug-likeness (QED) is 0.751. The Morgan fingerprint density at radius 2 is 1.57 bits per heavy atom. The van der Waals surface area contributed by atoms with E-state index in [9.17, 15) is 0 Å². The second-order valence-corrected chi connectivity index (χ2v) is 6.24. The molecule has 0 fully saturated rings. The maximum Gasteiger partial charge on any atom is 0.140 e. The molecule has 0 atom stereocenters. The lowest BCUT2D eigenvalue weighted by Gasteiger charge is -2.23. The first-order valence-electron chi connectivity index (χ1n) is 7.15. The van der Waals surface area contributed by atoms with Crippen molar-refractivity contribution >= 4 is 23.1 Å². The molecule has 21 heavy (non-hydrogen) atoms. The van der Waals surface area contributed by atoms with E-state index in [1.54, 1.807) is 0 Å².